The third-order valence-electron chi connectivity index (χ3n) is 5.03. The van der Waals surface area contributed by atoms with Gasteiger partial charge in [-0.15, -0.1) is 0 Å². The van der Waals surface area contributed by atoms with Gasteiger partial charge in [0.2, 0.25) is 5.91 Å². The first-order valence-electron chi connectivity index (χ1n) is 9.33. The quantitative estimate of drug-likeness (QED) is 0.469. The van der Waals surface area contributed by atoms with Crippen molar-refractivity contribution in [2.24, 2.45) is 0 Å². The average molecular weight is 396 g/mol. The van der Waals surface area contributed by atoms with Crippen LogP contribution in [-0.2, 0) is 14.3 Å². The van der Waals surface area contributed by atoms with Crippen LogP contribution >= 0.6 is 0 Å². The van der Waals surface area contributed by atoms with Crippen molar-refractivity contribution in [2.75, 3.05) is 41.4 Å². The lowest BCUT2D eigenvalue weighted by Gasteiger charge is -2.29. The smallest absolute Gasteiger partial charge is 0.271 e. The zero-order chi connectivity index (χ0) is 20.4. The third kappa shape index (κ3) is 3.90. The first-order valence-corrected chi connectivity index (χ1v) is 9.33. The monoisotopic (exact) mass is 396 g/mol. The highest BCUT2D eigenvalue weighted by molar-refractivity contribution is 6.23. The van der Waals surface area contributed by atoms with Crippen molar-refractivity contribution < 1.29 is 19.2 Å². The Morgan fingerprint density at radius 1 is 1.03 bits per heavy atom. The van der Waals surface area contributed by atoms with Gasteiger partial charge in [-0.1, -0.05) is 6.07 Å². The van der Waals surface area contributed by atoms with E-state index < -0.39 is 22.8 Å². The molecule has 1 N–H and O–H groups in total. The van der Waals surface area contributed by atoms with Gasteiger partial charge in [0.25, 0.3) is 11.6 Å². The lowest BCUT2D eigenvalue weighted by molar-refractivity contribution is -0.384. The van der Waals surface area contributed by atoms with Crippen molar-refractivity contribution in [3.8, 4) is 0 Å². The Labute approximate surface area is 167 Å². The van der Waals surface area contributed by atoms with Gasteiger partial charge in [0.15, 0.2) is 0 Å². The molecule has 0 aromatic heterocycles. The van der Waals surface area contributed by atoms with Gasteiger partial charge in [-0.25, -0.2) is 4.90 Å². The van der Waals surface area contributed by atoms with Crippen molar-refractivity contribution in [3.05, 3.63) is 58.6 Å². The third-order valence-corrected chi connectivity index (χ3v) is 5.03. The summed E-state index contributed by atoms with van der Waals surface area (Å²) >= 11 is 0. The van der Waals surface area contributed by atoms with Crippen LogP contribution in [-0.4, -0.2) is 49.1 Å². The Balaban J connectivity index is 1.46. The number of carbonyl (C=O) groups excluding carboxylic acids is 2. The molecule has 29 heavy (non-hydrogen) atoms. The molecule has 9 heteroatoms. The van der Waals surface area contributed by atoms with E-state index in [9.17, 15) is 19.7 Å². The van der Waals surface area contributed by atoms with Gasteiger partial charge < -0.3 is 15.0 Å². The number of nitro benzene ring substituents is 1. The highest BCUT2D eigenvalue weighted by Gasteiger charge is 2.40. The standard InChI is InChI=1S/C20H20N4O5/c25-19-13-18(20(26)23(19)16-2-1-3-17(12-16)24(27)28)21-14-4-6-15(7-5-14)22-8-10-29-11-9-22/h1-7,12,18,21H,8-11,13H2/t18-/m1/s1. The minimum atomic E-state index is -0.712. The molecule has 0 bridgehead atoms. The van der Waals surface area contributed by atoms with Gasteiger partial charge in [0, 0.05) is 36.6 Å². The van der Waals surface area contributed by atoms with E-state index in [0.717, 1.165) is 29.4 Å². The molecule has 2 aromatic rings. The maximum atomic E-state index is 12.8. The fraction of sp³-hybridized carbons (Fsp3) is 0.300. The Bertz CT molecular complexity index is 940. The molecule has 2 saturated heterocycles. The number of anilines is 3. The summed E-state index contributed by atoms with van der Waals surface area (Å²) in [5.74, 6) is -0.814. The molecule has 9 nitrogen and oxygen atoms in total. The van der Waals surface area contributed by atoms with Crippen LogP contribution in [0.5, 0.6) is 0 Å². The zero-order valence-corrected chi connectivity index (χ0v) is 15.6. The number of nitrogens with zero attached hydrogens (tertiary/aromatic N) is 3. The first-order chi connectivity index (χ1) is 14.0. The minimum Gasteiger partial charge on any atom is -0.378 e. The second-order valence-corrected chi connectivity index (χ2v) is 6.89. The number of nitro groups is 1. The van der Waals surface area contributed by atoms with Crippen LogP contribution in [0.3, 0.4) is 0 Å². The van der Waals surface area contributed by atoms with Crippen molar-refractivity contribution >= 4 is 34.6 Å². The normalized spacial score (nSPS) is 19.5. The molecule has 2 heterocycles. The number of ether oxygens (including phenoxy) is 1. The number of non-ortho nitro benzene ring substituents is 1. The number of rotatable bonds is 5. The van der Waals surface area contributed by atoms with E-state index in [-0.39, 0.29) is 17.8 Å². The molecule has 2 aliphatic rings. The average Bonchev–Trinajstić information content (AvgIpc) is 3.02. The second kappa shape index (κ2) is 7.88. The number of morpholine rings is 1. The molecule has 0 saturated carbocycles. The Morgan fingerprint density at radius 2 is 1.76 bits per heavy atom. The number of hydrogen-bond acceptors (Lipinski definition) is 7. The molecule has 2 aliphatic heterocycles. The van der Waals surface area contributed by atoms with Gasteiger partial charge in [-0.05, 0) is 30.3 Å². The molecule has 2 fully saturated rings. The van der Waals surface area contributed by atoms with Crippen LogP contribution < -0.4 is 15.1 Å². The van der Waals surface area contributed by atoms with Crippen molar-refractivity contribution in [2.45, 2.75) is 12.5 Å². The summed E-state index contributed by atoms with van der Waals surface area (Å²) in [6.07, 6.45) is -0.00720. The summed E-state index contributed by atoms with van der Waals surface area (Å²) in [5.41, 5.74) is 1.85. The van der Waals surface area contributed by atoms with Crippen LogP contribution in [0, 0.1) is 10.1 Å². The number of amides is 2. The fourth-order valence-corrected chi connectivity index (χ4v) is 3.55. The molecule has 150 valence electrons. The number of hydrogen-bond donors (Lipinski definition) is 1. The number of carbonyl (C=O) groups is 2. The van der Waals surface area contributed by atoms with E-state index in [1.54, 1.807) is 0 Å². The van der Waals surface area contributed by atoms with Gasteiger partial charge in [0.05, 0.1) is 30.2 Å². The maximum Gasteiger partial charge on any atom is 0.271 e. The number of imide groups is 1. The van der Waals surface area contributed by atoms with E-state index in [0.29, 0.717) is 13.2 Å². The molecular weight excluding hydrogens is 376 g/mol. The molecule has 2 amide bonds. The molecule has 1 atom stereocenters. The van der Waals surface area contributed by atoms with E-state index >= 15 is 0 Å². The molecule has 2 aromatic carbocycles. The molecule has 0 radical (unpaired) electrons. The van der Waals surface area contributed by atoms with Crippen molar-refractivity contribution in [1.82, 2.24) is 0 Å². The summed E-state index contributed by atoms with van der Waals surface area (Å²) < 4.78 is 5.36. The minimum absolute atomic E-state index is 0.00720. The summed E-state index contributed by atoms with van der Waals surface area (Å²) in [5, 5.41) is 14.1. The highest BCUT2D eigenvalue weighted by Crippen LogP contribution is 2.28. The fourth-order valence-electron chi connectivity index (χ4n) is 3.55. The van der Waals surface area contributed by atoms with Crippen LogP contribution in [0.2, 0.25) is 0 Å². The van der Waals surface area contributed by atoms with E-state index in [1.165, 1.54) is 24.3 Å². The zero-order valence-electron chi connectivity index (χ0n) is 15.6. The van der Waals surface area contributed by atoms with E-state index in [2.05, 4.69) is 10.2 Å². The van der Waals surface area contributed by atoms with Crippen LogP contribution in [0.25, 0.3) is 0 Å². The summed E-state index contributed by atoms with van der Waals surface area (Å²) in [7, 11) is 0. The topological polar surface area (TPSA) is 105 Å². The lowest BCUT2D eigenvalue weighted by atomic mass is 10.2. The van der Waals surface area contributed by atoms with Crippen LogP contribution in [0.1, 0.15) is 6.42 Å². The van der Waals surface area contributed by atoms with Crippen LogP contribution in [0.15, 0.2) is 48.5 Å². The van der Waals surface area contributed by atoms with Gasteiger partial charge in [-0.2, -0.15) is 0 Å². The highest BCUT2D eigenvalue weighted by atomic mass is 16.6. The summed E-state index contributed by atoms with van der Waals surface area (Å²) in [6, 6.07) is 12.5. The van der Waals surface area contributed by atoms with E-state index in [4.69, 9.17) is 4.74 Å². The van der Waals surface area contributed by atoms with Crippen molar-refractivity contribution in [3.63, 3.8) is 0 Å². The Kier molecular flexibility index (Phi) is 5.13. The SMILES string of the molecule is O=C1C[C@@H](Nc2ccc(N3CCOCC3)cc2)C(=O)N1c1cccc([N+](=O)[O-])c1. The maximum absolute atomic E-state index is 12.8. The predicted molar refractivity (Wildman–Crippen MR) is 107 cm³/mol. The van der Waals surface area contributed by atoms with E-state index in [1.807, 2.05) is 24.3 Å². The molecular formula is C20H20N4O5. The lowest BCUT2D eigenvalue weighted by Crippen LogP contribution is -2.36. The second-order valence-electron chi connectivity index (χ2n) is 6.89. The van der Waals surface area contributed by atoms with Gasteiger partial charge in [-0.3, -0.25) is 19.7 Å². The molecule has 4 rings (SSSR count). The summed E-state index contributed by atoms with van der Waals surface area (Å²) in [4.78, 5) is 38.8. The molecule has 0 aliphatic carbocycles. The van der Waals surface area contributed by atoms with Crippen LogP contribution in [0.4, 0.5) is 22.7 Å². The Morgan fingerprint density at radius 3 is 2.45 bits per heavy atom. The molecule has 0 unspecified atom stereocenters. The molecule has 0 spiro atoms. The van der Waals surface area contributed by atoms with Crippen molar-refractivity contribution in [1.29, 1.82) is 0 Å². The first kappa shape index (κ1) is 18.9. The number of benzene rings is 2. The van der Waals surface area contributed by atoms with Gasteiger partial charge in [0.1, 0.15) is 6.04 Å². The predicted octanol–water partition coefficient (Wildman–Crippen LogP) is 2.18. The number of nitrogens with one attached hydrogen (secondary N) is 1. The van der Waals surface area contributed by atoms with Gasteiger partial charge >= 0.3 is 0 Å². The Hall–Kier alpha value is -3.46. The largest absolute Gasteiger partial charge is 0.378 e. The summed E-state index contributed by atoms with van der Waals surface area (Å²) in [6.45, 7) is 3.07.